The van der Waals surface area contributed by atoms with Gasteiger partial charge in [-0.1, -0.05) is 18.6 Å². The Labute approximate surface area is 174 Å². The van der Waals surface area contributed by atoms with Gasteiger partial charge in [-0.05, 0) is 62.7 Å². The third kappa shape index (κ3) is 2.46. The van der Waals surface area contributed by atoms with Crippen LogP contribution >= 0.6 is 0 Å². The van der Waals surface area contributed by atoms with Crippen LogP contribution in [-0.2, 0) is 18.9 Å². The van der Waals surface area contributed by atoms with Crippen molar-refractivity contribution in [3.8, 4) is 0 Å². The first-order valence-electron chi connectivity index (χ1n) is 11.9. The van der Waals surface area contributed by atoms with Gasteiger partial charge in [0.05, 0.1) is 32.0 Å². The lowest BCUT2D eigenvalue weighted by Crippen LogP contribution is -2.63. The molecule has 2 saturated heterocycles. The van der Waals surface area contributed by atoms with Gasteiger partial charge >= 0.3 is 0 Å². The molecule has 5 fully saturated rings. The Hall–Kier alpha value is -0.460. The van der Waals surface area contributed by atoms with Crippen LogP contribution in [0.4, 0.5) is 0 Å². The SMILES string of the molecule is CC[C@]12C[C@](C)(O)[C@@H]3C4CCC5(CC4=CC[C@H]3[C@@H]1CCC21OCCO1)OCCO5. The highest BCUT2D eigenvalue weighted by molar-refractivity contribution is 5.25. The molecule has 0 radical (unpaired) electrons. The molecule has 6 rings (SSSR count). The summed E-state index contributed by atoms with van der Waals surface area (Å²) in [6.45, 7) is 7.20. The summed E-state index contributed by atoms with van der Waals surface area (Å²) in [5.74, 6) is 1.02. The zero-order valence-corrected chi connectivity index (χ0v) is 18.0. The van der Waals surface area contributed by atoms with Gasteiger partial charge in [-0.15, -0.1) is 0 Å². The summed E-state index contributed by atoms with van der Waals surface area (Å²) in [5, 5.41) is 12.0. The van der Waals surface area contributed by atoms with E-state index in [2.05, 4.69) is 19.9 Å². The smallest absolute Gasteiger partial charge is 0.174 e. The van der Waals surface area contributed by atoms with Gasteiger partial charge < -0.3 is 24.1 Å². The molecule has 1 unspecified atom stereocenters. The van der Waals surface area contributed by atoms with E-state index < -0.39 is 11.4 Å². The summed E-state index contributed by atoms with van der Waals surface area (Å²) < 4.78 is 24.7. The van der Waals surface area contributed by atoms with Crippen LogP contribution in [0.25, 0.3) is 0 Å². The van der Waals surface area contributed by atoms with E-state index in [1.54, 1.807) is 0 Å². The van der Waals surface area contributed by atoms with Gasteiger partial charge in [0, 0.05) is 24.7 Å². The average Bonchev–Trinajstić information content (AvgIpc) is 3.43. The molecule has 6 atom stereocenters. The van der Waals surface area contributed by atoms with Crippen LogP contribution in [-0.4, -0.2) is 48.7 Å². The molecule has 0 aromatic rings. The van der Waals surface area contributed by atoms with Crippen molar-refractivity contribution in [2.75, 3.05) is 26.4 Å². The third-order valence-electron chi connectivity index (χ3n) is 9.69. The van der Waals surface area contributed by atoms with Gasteiger partial charge in [-0.3, -0.25) is 0 Å². The molecule has 5 heteroatoms. The van der Waals surface area contributed by atoms with Crippen LogP contribution in [0.2, 0.25) is 0 Å². The topological polar surface area (TPSA) is 57.2 Å². The first-order chi connectivity index (χ1) is 13.9. The number of hydrogen-bond donors (Lipinski definition) is 1. The number of fused-ring (bicyclic) bond motifs is 6. The number of allylic oxidation sites excluding steroid dienone is 1. The summed E-state index contributed by atoms with van der Waals surface area (Å²) in [6, 6.07) is 0. The number of hydrogen-bond acceptors (Lipinski definition) is 5. The fourth-order valence-electron chi connectivity index (χ4n) is 8.85. The highest BCUT2D eigenvalue weighted by atomic mass is 16.7. The Morgan fingerprint density at radius 2 is 1.76 bits per heavy atom. The Morgan fingerprint density at radius 1 is 1.03 bits per heavy atom. The molecule has 2 aliphatic heterocycles. The first-order valence-corrected chi connectivity index (χ1v) is 11.9. The molecule has 0 amide bonds. The molecule has 1 N–H and O–H groups in total. The molecule has 2 heterocycles. The maximum atomic E-state index is 12.0. The van der Waals surface area contributed by atoms with E-state index in [0.29, 0.717) is 50.1 Å². The minimum Gasteiger partial charge on any atom is -0.390 e. The standard InChI is InChI=1S/C24H36O5/c1-3-22-15-21(2,25)20-17-6-8-23(26-10-11-27-23)14-16(17)4-5-18(20)19(22)7-9-24(22)28-12-13-29-24/h4,17-20,25H,3,5-15H2,1-2H3/t17?,18-,19-,20+,21-,22-/m0/s1. The highest BCUT2D eigenvalue weighted by Crippen LogP contribution is 2.70. The number of aliphatic hydroxyl groups is 1. The first kappa shape index (κ1) is 19.2. The van der Waals surface area contributed by atoms with Gasteiger partial charge in [0.25, 0.3) is 0 Å². The summed E-state index contributed by atoms with van der Waals surface area (Å²) >= 11 is 0. The second kappa shape index (κ2) is 6.29. The van der Waals surface area contributed by atoms with Crippen LogP contribution in [0.5, 0.6) is 0 Å². The molecule has 0 aromatic carbocycles. The second-order valence-electron chi connectivity index (χ2n) is 10.8. The van der Waals surface area contributed by atoms with Gasteiger partial charge in [0.2, 0.25) is 0 Å². The Balaban J connectivity index is 1.37. The van der Waals surface area contributed by atoms with Crippen molar-refractivity contribution in [1.29, 1.82) is 0 Å². The molecule has 5 nitrogen and oxygen atoms in total. The fourth-order valence-corrected chi connectivity index (χ4v) is 8.85. The lowest BCUT2D eigenvalue weighted by Gasteiger charge is -2.61. The van der Waals surface area contributed by atoms with Gasteiger partial charge in [0.1, 0.15) is 0 Å². The fraction of sp³-hybridized carbons (Fsp3) is 0.917. The summed E-state index contributed by atoms with van der Waals surface area (Å²) in [4.78, 5) is 0. The molecule has 0 aromatic heterocycles. The van der Waals surface area contributed by atoms with Gasteiger partial charge in [-0.25, -0.2) is 0 Å². The lowest BCUT2D eigenvalue weighted by atomic mass is 9.46. The quantitative estimate of drug-likeness (QED) is 0.674. The molecule has 3 saturated carbocycles. The lowest BCUT2D eigenvalue weighted by molar-refractivity contribution is -0.276. The van der Waals surface area contributed by atoms with Crippen molar-refractivity contribution in [1.82, 2.24) is 0 Å². The Bertz CT molecular complexity index is 702. The zero-order chi connectivity index (χ0) is 19.9. The number of rotatable bonds is 1. The predicted octanol–water partition coefficient (Wildman–Crippen LogP) is 3.80. The van der Waals surface area contributed by atoms with E-state index in [1.807, 2.05) is 0 Å². The van der Waals surface area contributed by atoms with Gasteiger partial charge in [0.15, 0.2) is 11.6 Å². The molecule has 0 bridgehead atoms. The van der Waals surface area contributed by atoms with Crippen LogP contribution in [0.15, 0.2) is 11.6 Å². The largest absolute Gasteiger partial charge is 0.390 e. The Kier molecular flexibility index (Phi) is 4.17. The maximum Gasteiger partial charge on any atom is 0.174 e. The molecule has 6 aliphatic rings. The molecule has 4 aliphatic carbocycles. The van der Waals surface area contributed by atoms with E-state index in [4.69, 9.17) is 18.9 Å². The normalized spacial score (nSPS) is 49.7. The molecule has 2 spiro atoms. The van der Waals surface area contributed by atoms with Crippen molar-refractivity contribution in [2.45, 2.75) is 82.4 Å². The minimum atomic E-state index is -0.699. The van der Waals surface area contributed by atoms with Crippen LogP contribution < -0.4 is 0 Å². The van der Waals surface area contributed by atoms with Crippen LogP contribution in [0.1, 0.15) is 65.2 Å². The van der Waals surface area contributed by atoms with Crippen molar-refractivity contribution < 1.29 is 24.1 Å². The highest BCUT2D eigenvalue weighted by Gasteiger charge is 2.71. The van der Waals surface area contributed by atoms with E-state index in [-0.39, 0.29) is 11.2 Å². The van der Waals surface area contributed by atoms with Crippen LogP contribution in [0.3, 0.4) is 0 Å². The summed E-state index contributed by atoms with van der Waals surface area (Å²) in [7, 11) is 0. The average molecular weight is 405 g/mol. The predicted molar refractivity (Wildman–Crippen MR) is 107 cm³/mol. The van der Waals surface area contributed by atoms with E-state index in [1.165, 1.54) is 5.57 Å². The number of ether oxygens (including phenoxy) is 4. The van der Waals surface area contributed by atoms with E-state index in [0.717, 1.165) is 51.4 Å². The maximum absolute atomic E-state index is 12.0. The van der Waals surface area contributed by atoms with Crippen molar-refractivity contribution in [3.05, 3.63) is 11.6 Å². The summed E-state index contributed by atoms with van der Waals surface area (Å²) in [6.07, 6.45) is 10.4. The Morgan fingerprint density at radius 3 is 2.48 bits per heavy atom. The monoisotopic (exact) mass is 404 g/mol. The van der Waals surface area contributed by atoms with Gasteiger partial charge in [-0.2, -0.15) is 0 Å². The zero-order valence-electron chi connectivity index (χ0n) is 18.0. The minimum absolute atomic E-state index is 0.0624. The summed E-state index contributed by atoms with van der Waals surface area (Å²) in [5.41, 5.74) is 0.716. The molecular formula is C24H36O5. The van der Waals surface area contributed by atoms with Crippen molar-refractivity contribution >= 4 is 0 Å². The van der Waals surface area contributed by atoms with Crippen molar-refractivity contribution in [2.24, 2.45) is 29.1 Å². The molecular weight excluding hydrogens is 368 g/mol. The van der Waals surface area contributed by atoms with Crippen LogP contribution in [0, 0.1) is 29.1 Å². The van der Waals surface area contributed by atoms with E-state index >= 15 is 0 Å². The van der Waals surface area contributed by atoms with Crippen molar-refractivity contribution in [3.63, 3.8) is 0 Å². The second-order valence-corrected chi connectivity index (χ2v) is 10.8. The molecule has 29 heavy (non-hydrogen) atoms. The van der Waals surface area contributed by atoms with E-state index in [9.17, 15) is 5.11 Å². The molecule has 162 valence electrons. The third-order valence-corrected chi connectivity index (χ3v) is 9.69.